The number of nitro benzene ring substituents is 2. The van der Waals surface area contributed by atoms with Crippen LogP contribution in [-0.2, 0) is 13.6 Å². The Labute approximate surface area is 182 Å². The number of nitrogens with one attached hydrogen (secondary N) is 1. The van der Waals surface area contributed by atoms with Gasteiger partial charge in [0.15, 0.2) is 5.75 Å². The maximum atomic E-state index is 11.0. The van der Waals surface area contributed by atoms with Crippen LogP contribution in [0, 0.1) is 20.2 Å². The monoisotopic (exact) mass is 480 g/mol. The summed E-state index contributed by atoms with van der Waals surface area (Å²) in [5.41, 5.74) is -0.103. The van der Waals surface area contributed by atoms with Gasteiger partial charge in [-0.1, -0.05) is 23.2 Å². The molecule has 0 saturated heterocycles. The highest BCUT2D eigenvalue weighted by atomic mass is 35.5. The second-order valence-electron chi connectivity index (χ2n) is 5.15. The maximum Gasteiger partial charge on any atom is 0.696 e. The Kier molecular flexibility index (Phi) is 10.4. The number of ether oxygens (including phenoxy) is 1. The summed E-state index contributed by atoms with van der Waals surface area (Å²) in [5, 5.41) is 24.5. The molecule has 2 rings (SSSR count). The quantitative estimate of drug-likeness (QED) is 0.274. The lowest BCUT2D eigenvalue weighted by molar-refractivity contribution is -0.384. The van der Waals surface area contributed by atoms with E-state index in [-0.39, 0.29) is 38.6 Å². The van der Waals surface area contributed by atoms with Gasteiger partial charge >= 0.3 is 8.25 Å². The normalized spacial score (nSPS) is 9.90. The highest BCUT2D eigenvalue weighted by molar-refractivity contribution is 7.33. The number of benzene rings is 2. The summed E-state index contributed by atoms with van der Waals surface area (Å²) in [6, 6.07) is 6.31. The van der Waals surface area contributed by atoms with Crippen LogP contribution >= 0.6 is 31.5 Å². The minimum absolute atomic E-state index is 0.0280. The second kappa shape index (κ2) is 12.2. The van der Waals surface area contributed by atoms with Crippen LogP contribution in [0.3, 0.4) is 0 Å². The number of non-ortho nitro benzene ring substituents is 1. The Morgan fingerprint density at radius 3 is 2.00 bits per heavy atom. The molecule has 0 bridgehead atoms. The molecule has 0 unspecified atom stereocenters. The van der Waals surface area contributed by atoms with Crippen LogP contribution in [0.25, 0.3) is 0 Å². The molecule has 162 valence electrons. The predicted molar refractivity (Wildman–Crippen MR) is 112 cm³/mol. The van der Waals surface area contributed by atoms with Crippen LogP contribution in [0.5, 0.6) is 11.5 Å². The summed E-state index contributed by atoms with van der Waals surface area (Å²) in [4.78, 5) is 20.6. The summed E-state index contributed by atoms with van der Waals surface area (Å²) >= 11 is 11.9. The first kappa shape index (κ1) is 25.5. The van der Waals surface area contributed by atoms with Gasteiger partial charge < -0.3 is 10.1 Å². The molecule has 2 aromatic carbocycles. The summed E-state index contributed by atoms with van der Waals surface area (Å²) in [5.74, 6) is 0.273. The topological polar surface area (TPSA) is 143 Å². The minimum Gasteiger partial charge on any atom is -0.454 e. The van der Waals surface area contributed by atoms with E-state index in [9.17, 15) is 24.8 Å². The molecule has 0 aliphatic heterocycles. The summed E-state index contributed by atoms with van der Waals surface area (Å²) in [7, 11) is 0.817. The van der Waals surface area contributed by atoms with Gasteiger partial charge in [0.05, 0.1) is 34.1 Å². The summed E-state index contributed by atoms with van der Waals surface area (Å²) in [6.07, 6.45) is 0. The Balaban J connectivity index is 0.000000656. The third-order valence-electron chi connectivity index (χ3n) is 3.24. The molecule has 11 nitrogen and oxygen atoms in total. The molecule has 0 radical (unpaired) electrons. The van der Waals surface area contributed by atoms with Crippen molar-refractivity contribution in [2.45, 2.75) is 6.92 Å². The van der Waals surface area contributed by atoms with E-state index >= 15 is 0 Å². The number of hydrogen-bond donors (Lipinski definition) is 1. The highest BCUT2D eigenvalue weighted by Crippen LogP contribution is 2.40. The van der Waals surface area contributed by atoms with Crippen molar-refractivity contribution in [3.8, 4) is 11.5 Å². The Hall–Kier alpha value is -2.56. The Bertz CT molecular complexity index is 916. The molecule has 0 atom stereocenters. The molecule has 0 spiro atoms. The van der Waals surface area contributed by atoms with Crippen LogP contribution in [0.2, 0.25) is 10.0 Å². The van der Waals surface area contributed by atoms with Gasteiger partial charge in [-0.05, 0) is 13.0 Å². The van der Waals surface area contributed by atoms with E-state index in [1.54, 1.807) is 6.92 Å². The van der Waals surface area contributed by atoms with Crippen LogP contribution in [-0.4, -0.2) is 30.6 Å². The van der Waals surface area contributed by atoms with E-state index in [1.165, 1.54) is 32.4 Å². The fourth-order valence-electron chi connectivity index (χ4n) is 2.01. The molecule has 0 saturated carbocycles. The number of anilines is 1. The largest absolute Gasteiger partial charge is 0.696 e. The van der Waals surface area contributed by atoms with Crippen molar-refractivity contribution in [1.29, 1.82) is 0 Å². The second-order valence-corrected chi connectivity index (χ2v) is 7.14. The minimum atomic E-state index is -1.83. The zero-order chi connectivity index (χ0) is 22.8. The van der Waals surface area contributed by atoms with Crippen molar-refractivity contribution in [1.82, 2.24) is 0 Å². The molecule has 2 aromatic rings. The van der Waals surface area contributed by atoms with Gasteiger partial charge in [0.2, 0.25) is 0 Å². The molecule has 0 heterocycles. The first-order chi connectivity index (χ1) is 14.1. The van der Waals surface area contributed by atoms with E-state index in [2.05, 4.69) is 14.4 Å². The lowest BCUT2D eigenvalue weighted by atomic mass is 10.2. The molecule has 0 amide bonds. The van der Waals surface area contributed by atoms with Gasteiger partial charge in [-0.25, -0.2) is 0 Å². The van der Waals surface area contributed by atoms with E-state index in [1.807, 2.05) is 0 Å². The van der Waals surface area contributed by atoms with Crippen LogP contribution in [0.15, 0.2) is 30.3 Å². The molecular weight excluding hydrogens is 464 g/mol. The van der Waals surface area contributed by atoms with E-state index in [4.69, 9.17) is 27.9 Å². The SMILES string of the molecule is CCNc1cc(Oc2c(Cl)cc([N+](=O)[O-])cc2Cl)ccc1[N+](=O)[O-].CO[P+](=O)OC. The highest BCUT2D eigenvalue weighted by Gasteiger charge is 2.19. The average Bonchev–Trinajstić information content (AvgIpc) is 2.70. The van der Waals surface area contributed by atoms with Crippen LogP contribution in [0.4, 0.5) is 17.1 Å². The number of nitrogens with zero attached hydrogens (tertiary/aromatic N) is 2. The van der Waals surface area contributed by atoms with E-state index in [0.717, 1.165) is 12.1 Å². The van der Waals surface area contributed by atoms with Crippen molar-refractivity contribution in [3.63, 3.8) is 0 Å². The number of halogens is 2. The average molecular weight is 481 g/mol. The van der Waals surface area contributed by atoms with Gasteiger partial charge in [0, 0.05) is 35.4 Å². The van der Waals surface area contributed by atoms with Crippen molar-refractivity contribution in [3.05, 3.63) is 60.6 Å². The lowest BCUT2D eigenvalue weighted by Gasteiger charge is -2.11. The maximum absolute atomic E-state index is 11.0. The van der Waals surface area contributed by atoms with Gasteiger partial charge in [-0.2, -0.15) is 0 Å². The fourth-order valence-corrected chi connectivity index (χ4v) is 2.71. The van der Waals surface area contributed by atoms with Crippen molar-refractivity contribution in [2.24, 2.45) is 0 Å². The fraction of sp³-hybridized carbons (Fsp3) is 0.250. The van der Waals surface area contributed by atoms with Gasteiger partial charge in [0.25, 0.3) is 11.4 Å². The smallest absolute Gasteiger partial charge is 0.454 e. The van der Waals surface area contributed by atoms with Crippen LogP contribution in [0.1, 0.15) is 6.92 Å². The van der Waals surface area contributed by atoms with E-state index < -0.39 is 18.1 Å². The first-order valence-corrected chi connectivity index (χ1v) is 9.88. The molecule has 0 fully saturated rings. The third kappa shape index (κ3) is 7.36. The van der Waals surface area contributed by atoms with Gasteiger partial charge in [0.1, 0.15) is 11.4 Å². The number of hydrogen-bond acceptors (Lipinski definition) is 9. The predicted octanol–water partition coefficient (Wildman–Crippen LogP) is 5.97. The van der Waals surface area contributed by atoms with Gasteiger partial charge in [-0.15, -0.1) is 9.05 Å². The third-order valence-corrected chi connectivity index (χ3v) is 4.40. The van der Waals surface area contributed by atoms with Crippen molar-refractivity contribution < 1.29 is 28.2 Å². The molecule has 0 aliphatic rings. The summed E-state index contributed by atoms with van der Waals surface area (Å²) in [6.45, 7) is 2.27. The van der Waals surface area contributed by atoms with E-state index in [0.29, 0.717) is 6.54 Å². The number of rotatable bonds is 8. The summed E-state index contributed by atoms with van der Waals surface area (Å²) < 4.78 is 23.8. The Morgan fingerprint density at radius 1 is 1.03 bits per heavy atom. The molecule has 14 heteroatoms. The molecular formula is C16H17Cl2N3O8P+. The molecule has 1 N–H and O–H groups in total. The molecule has 0 aliphatic carbocycles. The lowest BCUT2D eigenvalue weighted by Crippen LogP contribution is -2.01. The van der Waals surface area contributed by atoms with Crippen LogP contribution < -0.4 is 10.1 Å². The standard InChI is InChI=1S/C14H11Cl2N3O5.C2H6O3P/c1-2-17-12-7-9(3-4-13(12)19(22)23)24-14-10(15)5-8(18(20)21)6-11(14)16;1-4-6(3)5-2/h3-7,17H,2H2,1H3;1-2H3/q;+1. The zero-order valence-electron chi connectivity index (χ0n) is 16.0. The van der Waals surface area contributed by atoms with Crippen molar-refractivity contribution in [2.75, 3.05) is 26.1 Å². The van der Waals surface area contributed by atoms with Crippen molar-refractivity contribution >= 4 is 48.5 Å². The Morgan fingerprint density at radius 2 is 1.60 bits per heavy atom. The zero-order valence-corrected chi connectivity index (χ0v) is 18.4. The first-order valence-electron chi connectivity index (χ1n) is 8.03. The molecule has 0 aromatic heterocycles. The molecule has 30 heavy (non-hydrogen) atoms. The number of nitro groups is 2. The van der Waals surface area contributed by atoms with Gasteiger partial charge in [-0.3, -0.25) is 20.2 Å².